The van der Waals surface area contributed by atoms with Crippen LogP contribution < -0.4 is 5.73 Å². The maximum atomic E-state index is 12.4. The van der Waals surface area contributed by atoms with Crippen LogP contribution in [0.1, 0.15) is 26.4 Å². The maximum absolute atomic E-state index is 12.4. The first-order valence-electron chi connectivity index (χ1n) is 6.14. The van der Waals surface area contributed by atoms with E-state index in [2.05, 4.69) is 13.0 Å². The number of carbonyl (C=O) groups is 1. The third kappa shape index (κ3) is 2.79. The molecule has 0 fully saturated rings. The number of hydrogen-bond donors (Lipinski definition) is 1. The van der Waals surface area contributed by atoms with Gasteiger partial charge in [-0.15, -0.1) is 11.3 Å². The molecule has 100 valence electrons. The van der Waals surface area contributed by atoms with Crippen molar-refractivity contribution in [2.75, 3.05) is 12.8 Å². The molecule has 2 rings (SSSR count). The lowest BCUT2D eigenvalue weighted by molar-refractivity contribution is 0.0787. The van der Waals surface area contributed by atoms with Crippen LogP contribution in [0, 0.1) is 13.8 Å². The third-order valence-corrected chi connectivity index (χ3v) is 4.26. The first-order valence-corrected chi connectivity index (χ1v) is 7.02. The van der Waals surface area contributed by atoms with Crippen molar-refractivity contribution >= 4 is 22.9 Å². The molecule has 2 N–H and O–H groups in total. The number of rotatable bonds is 3. The van der Waals surface area contributed by atoms with E-state index in [1.54, 1.807) is 22.3 Å². The zero-order chi connectivity index (χ0) is 14.0. The number of nitrogens with two attached hydrogens (primary N) is 1. The molecule has 0 unspecified atom stereocenters. The molecule has 0 saturated carbocycles. The van der Waals surface area contributed by atoms with Gasteiger partial charge in [0.1, 0.15) is 0 Å². The number of hydrogen-bond acceptors (Lipinski definition) is 3. The van der Waals surface area contributed by atoms with E-state index in [-0.39, 0.29) is 5.91 Å². The fourth-order valence-corrected chi connectivity index (χ4v) is 2.88. The predicted octanol–water partition coefficient (Wildman–Crippen LogP) is 3.22. The summed E-state index contributed by atoms with van der Waals surface area (Å²) < 4.78 is 0. The van der Waals surface area contributed by atoms with Crippen molar-refractivity contribution < 1.29 is 4.79 Å². The Morgan fingerprint density at radius 3 is 2.63 bits per heavy atom. The van der Waals surface area contributed by atoms with Crippen LogP contribution in [0.5, 0.6) is 0 Å². The van der Waals surface area contributed by atoms with E-state index >= 15 is 0 Å². The average Bonchev–Trinajstić information content (AvgIpc) is 2.77. The lowest BCUT2D eigenvalue weighted by Crippen LogP contribution is -2.27. The highest BCUT2D eigenvalue weighted by molar-refractivity contribution is 7.10. The lowest BCUT2D eigenvalue weighted by atomic mass is 10.1. The smallest absolute Gasteiger partial charge is 0.256 e. The largest absolute Gasteiger partial charge is 0.398 e. The molecule has 0 atom stereocenters. The number of nitrogens with zero attached hydrogens (tertiary/aromatic N) is 1. The lowest BCUT2D eigenvalue weighted by Gasteiger charge is -2.18. The van der Waals surface area contributed by atoms with E-state index in [1.807, 2.05) is 31.5 Å². The number of benzene rings is 1. The van der Waals surface area contributed by atoms with Crippen molar-refractivity contribution in [2.45, 2.75) is 20.4 Å². The van der Waals surface area contributed by atoms with E-state index < -0.39 is 0 Å². The Morgan fingerprint density at radius 1 is 1.26 bits per heavy atom. The van der Waals surface area contributed by atoms with Gasteiger partial charge < -0.3 is 10.6 Å². The number of carbonyl (C=O) groups excluding carboxylic acids is 1. The van der Waals surface area contributed by atoms with Crippen LogP contribution in [0.4, 0.5) is 5.69 Å². The number of para-hydroxylation sites is 1. The van der Waals surface area contributed by atoms with Gasteiger partial charge in [0, 0.05) is 17.6 Å². The van der Waals surface area contributed by atoms with Gasteiger partial charge >= 0.3 is 0 Å². The highest BCUT2D eigenvalue weighted by atomic mass is 32.1. The minimum Gasteiger partial charge on any atom is -0.398 e. The fraction of sp³-hybridized carbons (Fsp3) is 0.267. The zero-order valence-electron chi connectivity index (χ0n) is 11.4. The standard InChI is InChI=1S/C15H18N2OS/c1-10-7-8-19-13(10)9-17(3)15(18)12-6-4-5-11(2)14(12)16/h4-8H,9,16H2,1-3H3. The molecule has 1 aromatic carbocycles. The molecule has 1 aromatic heterocycles. The van der Waals surface area contributed by atoms with Crippen molar-refractivity contribution in [1.29, 1.82) is 0 Å². The Balaban J connectivity index is 2.20. The van der Waals surface area contributed by atoms with Crippen molar-refractivity contribution in [3.05, 3.63) is 51.2 Å². The van der Waals surface area contributed by atoms with Gasteiger partial charge in [-0.05, 0) is 42.5 Å². The Bertz CT molecular complexity index is 604. The van der Waals surface area contributed by atoms with E-state index in [0.29, 0.717) is 17.8 Å². The SMILES string of the molecule is Cc1ccsc1CN(C)C(=O)c1cccc(C)c1N. The molecule has 2 aromatic rings. The van der Waals surface area contributed by atoms with E-state index in [9.17, 15) is 4.79 Å². The third-order valence-electron chi connectivity index (χ3n) is 3.25. The number of thiophene rings is 1. The van der Waals surface area contributed by atoms with Crippen LogP contribution >= 0.6 is 11.3 Å². The predicted molar refractivity (Wildman–Crippen MR) is 80.4 cm³/mol. The first-order chi connectivity index (χ1) is 9.00. The summed E-state index contributed by atoms with van der Waals surface area (Å²) in [4.78, 5) is 15.3. The molecule has 0 aliphatic carbocycles. The molecular formula is C15H18N2OS. The van der Waals surface area contributed by atoms with Gasteiger partial charge in [-0.25, -0.2) is 0 Å². The molecule has 0 spiro atoms. The summed E-state index contributed by atoms with van der Waals surface area (Å²) in [7, 11) is 1.81. The number of amides is 1. The molecule has 4 heteroatoms. The quantitative estimate of drug-likeness (QED) is 0.874. The normalized spacial score (nSPS) is 10.5. The number of aryl methyl sites for hydroxylation is 2. The summed E-state index contributed by atoms with van der Waals surface area (Å²) in [6.07, 6.45) is 0. The van der Waals surface area contributed by atoms with Gasteiger partial charge in [0.15, 0.2) is 0 Å². The highest BCUT2D eigenvalue weighted by Gasteiger charge is 2.16. The number of nitrogen functional groups attached to an aromatic ring is 1. The van der Waals surface area contributed by atoms with Crippen molar-refractivity contribution in [3.63, 3.8) is 0 Å². The fourth-order valence-electron chi connectivity index (χ4n) is 1.93. The molecule has 3 nitrogen and oxygen atoms in total. The van der Waals surface area contributed by atoms with E-state index in [4.69, 9.17) is 5.73 Å². The second-order valence-electron chi connectivity index (χ2n) is 4.72. The molecule has 1 heterocycles. The molecule has 0 aliphatic heterocycles. The Kier molecular flexibility index (Phi) is 3.90. The molecule has 0 bridgehead atoms. The summed E-state index contributed by atoms with van der Waals surface area (Å²) in [6.45, 7) is 4.59. The van der Waals surface area contributed by atoms with Crippen molar-refractivity contribution in [3.8, 4) is 0 Å². The summed E-state index contributed by atoms with van der Waals surface area (Å²) >= 11 is 1.67. The highest BCUT2D eigenvalue weighted by Crippen LogP contribution is 2.21. The minimum atomic E-state index is -0.0333. The molecule has 0 radical (unpaired) electrons. The Hall–Kier alpha value is -1.81. The van der Waals surface area contributed by atoms with Crippen molar-refractivity contribution in [2.24, 2.45) is 0 Å². The Morgan fingerprint density at radius 2 is 2.00 bits per heavy atom. The zero-order valence-corrected chi connectivity index (χ0v) is 12.3. The molecular weight excluding hydrogens is 256 g/mol. The van der Waals surface area contributed by atoms with Crippen LogP contribution in [-0.2, 0) is 6.54 Å². The maximum Gasteiger partial charge on any atom is 0.256 e. The van der Waals surface area contributed by atoms with Crippen LogP contribution in [0.3, 0.4) is 0 Å². The topological polar surface area (TPSA) is 46.3 Å². The van der Waals surface area contributed by atoms with Gasteiger partial charge in [-0.3, -0.25) is 4.79 Å². The summed E-state index contributed by atoms with van der Waals surface area (Å²) in [5.41, 5.74) is 9.29. The van der Waals surface area contributed by atoms with E-state index in [0.717, 1.165) is 5.56 Å². The van der Waals surface area contributed by atoms with Crippen LogP contribution in [-0.4, -0.2) is 17.9 Å². The summed E-state index contributed by atoms with van der Waals surface area (Å²) in [5, 5.41) is 2.05. The van der Waals surface area contributed by atoms with Gasteiger partial charge in [0.05, 0.1) is 12.1 Å². The van der Waals surface area contributed by atoms with Gasteiger partial charge in [-0.1, -0.05) is 12.1 Å². The van der Waals surface area contributed by atoms with Gasteiger partial charge in [-0.2, -0.15) is 0 Å². The van der Waals surface area contributed by atoms with Crippen LogP contribution in [0.15, 0.2) is 29.6 Å². The molecule has 19 heavy (non-hydrogen) atoms. The first kappa shape index (κ1) is 13.6. The van der Waals surface area contributed by atoms with Crippen LogP contribution in [0.25, 0.3) is 0 Å². The van der Waals surface area contributed by atoms with Gasteiger partial charge in [0.25, 0.3) is 5.91 Å². The molecule has 0 aliphatic rings. The van der Waals surface area contributed by atoms with Crippen LogP contribution in [0.2, 0.25) is 0 Å². The molecule has 0 saturated heterocycles. The van der Waals surface area contributed by atoms with Gasteiger partial charge in [0.2, 0.25) is 0 Å². The average molecular weight is 274 g/mol. The summed E-state index contributed by atoms with van der Waals surface area (Å²) in [6, 6.07) is 7.63. The van der Waals surface area contributed by atoms with Crippen molar-refractivity contribution in [1.82, 2.24) is 4.90 Å². The minimum absolute atomic E-state index is 0.0333. The van der Waals surface area contributed by atoms with E-state index in [1.165, 1.54) is 10.4 Å². The summed E-state index contributed by atoms with van der Waals surface area (Å²) in [5.74, 6) is -0.0333. The monoisotopic (exact) mass is 274 g/mol. The molecule has 1 amide bonds. The second-order valence-corrected chi connectivity index (χ2v) is 5.72. The number of anilines is 1. The Labute approximate surface area is 117 Å². The second kappa shape index (κ2) is 5.45.